The van der Waals surface area contributed by atoms with E-state index in [-0.39, 0.29) is 5.75 Å². The van der Waals surface area contributed by atoms with E-state index in [0.717, 1.165) is 16.5 Å². The standard InChI is InChI=1S/C11H10ClNO2S/c1-8-4-10-3-2-9(7-16(12,14)15)5-11(10)6-13-8/h2-6H,7H2,1H3. The summed E-state index contributed by atoms with van der Waals surface area (Å²) in [5.41, 5.74) is 1.61. The number of hydrogen-bond donors (Lipinski definition) is 0. The van der Waals surface area contributed by atoms with Crippen molar-refractivity contribution in [3.63, 3.8) is 0 Å². The molecule has 84 valence electrons. The van der Waals surface area contributed by atoms with Crippen molar-refractivity contribution in [1.29, 1.82) is 0 Å². The van der Waals surface area contributed by atoms with E-state index in [1.807, 2.05) is 19.1 Å². The smallest absolute Gasteiger partial charge is 0.236 e. The summed E-state index contributed by atoms with van der Waals surface area (Å²) in [6.07, 6.45) is 1.73. The van der Waals surface area contributed by atoms with Gasteiger partial charge in [0.1, 0.15) is 0 Å². The van der Waals surface area contributed by atoms with Crippen molar-refractivity contribution < 1.29 is 8.42 Å². The van der Waals surface area contributed by atoms with Gasteiger partial charge in [0.2, 0.25) is 9.05 Å². The molecule has 2 aromatic rings. The third-order valence-corrected chi connectivity index (χ3v) is 3.27. The normalized spacial score (nSPS) is 11.9. The molecule has 2 rings (SSSR count). The van der Waals surface area contributed by atoms with Gasteiger partial charge in [-0.05, 0) is 30.0 Å². The molecule has 3 nitrogen and oxygen atoms in total. The number of rotatable bonds is 2. The van der Waals surface area contributed by atoms with Crippen LogP contribution in [0, 0.1) is 6.92 Å². The van der Waals surface area contributed by atoms with Gasteiger partial charge in [-0.1, -0.05) is 12.1 Å². The molecule has 0 saturated heterocycles. The molecule has 0 spiro atoms. The Balaban J connectivity index is 2.49. The maximum absolute atomic E-state index is 10.9. The Morgan fingerprint density at radius 3 is 2.69 bits per heavy atom. The minimum atomic E-state index is -3.50. The van der Waals surface area contributed by atoms with E-state index in [1.54, 1.807) is 18.3 Å². The molecule has 1 aromatic heterocycles. The second kappa shape index (κ2) is 4.03. The quantitative estimate of drug-likeness (QED) is 0.775. The first-order valence-electron chi connectivity index (χ1n) is 4.72. The Morgan fingerprint density at radius 2 is 2.00 bits per heavy atom. The summed E-state index contributed by atoms with van der Waals surface area (Å²) < 4.78 is 21.9. The molecule has 0 aliphatic heterocycles. The molecule has 0 saturated carbocycles. The van der Waals surface area contributed by atoms with E-state index >= 15 is 0 Å². The van der Waals surface area contributed by atoms with E-state index < -0.39 is 9.05 Å². The van der Waals surface area contributed by atoms with Gasteiger partial charge in [-0.25, -0.2) is 8.42 Å². The summed E-state index contributed by atoms with van der Waals surface area (Å²) in [4.78, 5) is 4.16. The van der Waals surface area contributed by atoms with Crippen molar-refractivity contribution >= 4 is 30.5 Å². The molecule has 0 unspecified atom stereocenters. The summed E-state index contributed by atoms with van der Waals surface area (Å²) in [7, 11) is 1.70. The van der Waals surface area contributed by atoms with Crippen molar-refractivity contribution in [2.45, 2.75) is 12.7 Å². The predicted molar refractivity (Wildman–Crippen MR) is 65.0 cm³/mol. The van der Waals surface area contributed by atoms with Gasteiger partial charge in [0.15, 0.2) is 0 Å². The van der Waals surface area contributed by atoms with Gasteiger partial charge in [-0.15, -0.1) is 0 Å². The van der Waals surface area contributed by atoms with Crippen molar-refractivity contribution in [3.8, 4) is 0 Å². The molecule has 5 heteroatoms. The fraction of sp³-hybridized carbons (Fsp3) is 0.182. The molecule has 0 aliphatic rings. The first-order chi connectivity index (χ1) is 7.44. The zero-order chi connectivity index (χ0) is 11.8. The number of hydrogen-bond acceptors (Lipinski definition) is 3. The van der Waals surface area contributed by atoms with Crippen LogP contribution >= 0.6 is 10.7 Å². The van der Waals surface area contributed by atoms with E-state index in [0.29, 0.717) is 5.56 Å². The van der Waals surface area contributed by atoms with Gasteiger partial charge >= 0.3 is 0 Å². The molecule has 0 bridgehead atoms. The number of halogens is 1. The summed E-state index contributed by atoms with van der Waals surface area (Å²) >= 11 is 0. The van der Waals surface area contributed by atoms with Crippen molar-refractivity contribution in [2.75, 3.05) is 0 Å². The predicted octanol–water partition coefficient (Wildman–Crippen LogP) is 2.61. The molecule has 0 fully saturated rings. The zero-order valence-electron chi connectivity index (χ0n) is 8.64. The summed E-state index contributed by atoms with van der Waals surface area (Å²) in [6.45, 7) is 1.91. The monoisotopic (exact) mass is 255 g/mol. The maximum Gasteiger partial charge on any atom is 0.236 e. The summed E-state index contributed by atoms with van der Waals surface area (Å²) in [6, 6.07) is 7.39. The van der Waals surface area contributed by atoms with Crippen molar-refractivity contribution in [2.24, 2.45) is 0 Å². The fourth-order valence-electron chi connectivity index (χ4n) is 1.59. The average molecular weight is 256 g/mol. The van der Waals surface area contributed by atoms with Crippen LogP contribution in [0.25, 0.3) is 10.8 Å². The number of pyridine rings is 1. The zero-order valence-corrected chi connectivity index (χ0v) is 10.2. The van der Waals surface area contributed by atoms with Crippen LogP contribution in [-0.2, 0) is 14.8 Å². The Morgan fingerprint density at radius 1 is 1.25 bits per heavy atom. The Bertz CT molecular complexity index is 637. The number of aryl methyl sites for hydroxylation is 1. The van der Waals surface area contributed by atoms with E-state index in [4.69, 9.17) is 10.7 Å². The number of aromatic nitrogens is 1. The van der Waals surface area contributed by atoms with Gasteiger partial charge < -0.3 is 0 Å². The van der Waals surface area contributed by atoms with E-state index in [2.05, 4.69) is 4.98 Å². The highest BCUT2D eigenvalue weighted by Gasteiger charge is 2.07. The Kier molecular flexibility index (Phi) is 2.86. The van der Waals surface area contributed by atoms with Gasteiger partial charge in [0.05, 0.1) is 5.75 Å². The molecule has 0 amide bonds. The van der Waals surface area contributed by atoms with Crippen LogP contribution in [0.3, 0.4) is 0 Å². The minimum Gasteiger partial charge on any atom is -0.261 e. The number of fused-ring (bicyclic) bond motifs is 1. The molecule has 16 heavy (non-hydrogen) atoms. The molecule has 0 atom stereocenters. The molecule has 1 aromatic carbocycles. The van der Waals surface area contributed by atoms with Gasteiger partial charge in [0, 0.05) is 28.0 Å². The first-order valence-corrected chi connectivity index (χ1v) is 7.19. The molecule has 0 aliphatic carbocycles. The summed E-state index contributed by atoms with van der Waals surface area (Å²) in [5, 5.41) is 1.96. The molecule has 0 radical (unpaired) electrons. The van der Waals surface area contributed by atoms with Crippen LogP contribution in [-0.4, -0.2) is 13.4 Å². The average Bonchev–Trinajstić information content (AvgIpc) is 2.16. The third-order valence-electron chi connectivity index (χ3n) is 2.26. The third kappa shape index (κ3) is 2.71. The second-order valence-electron chi connectivity index (χ2n) is 3.69. The molecular formula is C11H10ClNO2S. The number of nitrogens with zero attached hydrogens (tertiary/aromatic N) is 1. The van der Waals surface area contributed by atoms with Crippen LogP contribution in [0.2, 0.25) is 0 Å². The van der Waals surface area contributed by atoms with E-state index in [9.17, 15) is 8.42 Å². The fourth-order valence-corrected chi connectivity index (χ4v) is 2.55. The Labute approximate surface area is 98.5 Å². The van der Waals surface area contributed by atoms with Crippen LogP contribution in [0.4, 0.5) is 0 Å². The lowest BCUT2D eigenvalue weighted by molar-refractivity contribution is 0.609. The summed E-state index contributed by atoms with van der Waals surface area (Å²) in [5.74, 6) is -0.154. The van der Waals surface area contributed by atoms with Crippen LogP contribution < -0.4 is 0 Å². The lowest BCUT2D eigenvalue weighted by Crippen LogP contribution is -1.95. The van der Waals surface area contributed by atoms with Crippen LogP contribution in [0.5, 0.6) is 0 Å². The molecule has 1 heterocycles. The van der Waals surface area contributed by atoms with Crippen LogP contribution in [0.1, 0.15) is 11.3 Å². The topological polar surface area (TPSA) is 47.0 Å². The highest BCUT2D eigenvalue weighted by Crippen LogP contribution is 2.18. The van der Waals surface area contributed by atoms with E-state index in [1.165, 1.54) is 0 Å². The molecular weight excluding hydrogens is 246 g/mol. The largest absolute Gasteiger partial charge is 0.261 e. The highest BCUT2D eigenvalue weighted by atomic mass is 35.7. The van der Waals surface area contributed by atoms with Gasteiger partial charge in [-0.2, -0.15) is 0 Å². The minimum absolute atomic E-state index is 0.154. The first kappa shape index (κ1) is 11.4. The maximum atomic E-state index is 10.9. The second-order valence-corrected chi connectivity index (χ2v) is 6.47. The Hall–Kier alpha value is -1.13. The SMILES string of the molecule is Cc1cc2ccc(CS(=O)(=O)Cl)cc2cn1. The van der Waals surface area contributed by atoms with Crippen molar-refractivity contribution in [3.05, 3.63) is 41.7 Å². The van der Waals surface area contributed by atoms with Crippen molar-refractivity contribution in [1.82, 2.24) is 4.98 Å². The van der Waals surface area contributed by atoms with Gasteiger partial charge in [0.25, 0.3) is 0 Å². The highest BCUT2D eigenvalue weighted by molar-refractivity contribution is 8.13. The molecule has 0 N–H and O–H groups in total. The lowest BCUT2D eigenvalue weighted by Gasteiger charge is -2.02. The van der Waals surface area contributed by atoms with Gasteiger partial charge in [-0.3, -0.25) is 4.98 Å². The lowest BCUT2D eigenvalue weighted by atomic mass is 10.1. The van der Waals surface area contributed by atoms with Crippen LogP contribution in [0.15, 0.2) is 30.5 Å². The number of benzene rings is 1.